The molecule has 93 heavy (non-hydrogen) atoms. The zero-order valence-corrected chi connectivity index (χ0v) is 62.1. The van der Waals surface area contributed by atoms with Crippen molar-refractivity contribution in [2.24, 2.45) is 0 Å². The first-order chi connectivity index (χ1) is 44.6. The van der Waals surface area contributed by atoms with Crippen LogP contribution in [0.15, 0.2) is 94.8 Å². The van der Waals surface area contributed by atoms with Gasteiger partial charge >= 0.3 is 61.6 Å². The average molecular weight is 1360 g/mol. The summed E-state index contributed by atoms with van der Waals surface area (Å²) in [5.74, 6) is -3.70. The molecule has 17 heteroatoms. The van der Waals surface area contributed by atoms with Crippen molar-refractivity contribution in [3.8, 4) is 0 Å². The Kier molecular flexibility index (Phi) is 59.5. The van der Waals surface area contributed by atoms with E-state index < -0.39 is 65.0 Å². The molecule has 0 aliphatic rings. The van der Waals surface area contributed by atoms with E-state index in [1.807, 2.05) is 0 Å². The number of benzene rings is 2. The molecule has 0 aliphatic heterocycles. The van der Waals surface area contributed by atoms with Crippen LogP contribution >= 0.6 is 0 Å². The summed E-state index contributed by atoms with van der Waals surface area (Å²) in [4.78, 5) is 49.9. The fraction of sp³-hybridized carbons (Fsp3) is 0.684. The molecule has 524 valence electrons. The number of rotatable bonds is 58. The van der Waals surface area contributed by atoms with E-state index in [9.17, 15) is 45.1 Å². The van der Waals surface area contributed by atoms with Gasteiger partial charge in [-0.25, -0.2) is 36.0 Å². The van der Waals surface area contributed by atoms with Gasteiger partial charge in [0.25, 0.3) is 0 Å². The number of ether oxygens (including phenoxy) is 4. The summed E-state index contributed by atoms with van der Waals surface area (Å²) in [6, 6.07) is 7.14. The summed E-state index contributed by atoms with van der Waals surface area (Å²) >= 11 is 0. The van der Waals surface area contributed by atoms with E-state index in [2.05, 4.69) is 76.3 Å². The number of carbonyl (C=O) groups is 4. The van der Waals surface area contributed by atoms with Crippen LogP contribution in [0.4, 0.5) is 0 Å². The van der Waals surface area contributed by atoms with Gasteiger partial charge in [0, 0.05) is 0 Å². The molecule has 0 atom stereocenters. The summed E-state index contributed by atoms with van der Waals surface area (Å²) < 4.78 is 92.7. The molecule has 2 rings (SSSR count). The Morgan fingerprint density at radius 1 is 0.301 bits per heavy atom. The third kappa shape index (κ3) is 48.7. The van der Waals surface area contributed by atoms with Crippen LogP contribution in [0.1, 0.15) is 352 Å². The van der Waals surface area contributed by atoms with E-state index in [1.165, 1.54) is 178 Å². The SMILES string of the molecule is CCCCCCCC/C=C/CCCCCOC(=O)c1cccc(S(=O)(=O)[O-])c1C(=O)OCCCCC/C=C/CCCCCCCC.CCCCCCCC/C=C/CCCCCOC(=O)c1cccc(S(=O)(=O)[O-])c1C(=O)OCCCCC/C=C/CCCCCCCC.[Ca+2]. The standard InChI is InChI=1S/2C38H62O7S.Ca/c2*1-3-5-7-9-11-13-15-17-19-21-23-25-27-32-44-37(39)34-30-29-31-35(46(41,42)43)36(34)38(40)45-33-28-26-24-22-20-18-16-14-12-10-8-6-4-2;/h2*17-20,29-31H,3-16,21-28,32-33H2,1-2H3,(H,41,42,43);/q;;+2/p-2/b2*19-17+,20-18+;. The van der Waals surface area contributed by atoms with E-state index in [-0.39, 0.29) is 75.3 Å². The van der Waals surface area contributed by atoms with Gasteiger partial charge in [-0.15, -0.1) is 0 Å². The van der Waals surface area contributed by atoms with Crippen LogP contribution in [0.25, 0.3) is 0 Å². The molecule has 0 N–H and O–H groups in total. The van der Waals surface area contributed by atoms with Gasteiger partial charge in [-0.05, 0) is 178 Å². The van der Waals surface area contributed by atoms with E-state index in [4.69, 9.17) is 18.9 Å². The van der Waals surface area contributed by atoms with Crippen LogP contribution in [0.3, 0.4) is 0 Å². The second-order valence-electron chi connectivity index (χ2n) is 24.3. The Morgan fingerprint density at radius 3 is 0.710 bits per heavy atom. The van der Waals surface area contributed by atoms with Gasteiger partial charge < -0.3 is 28.1 Å². The Balaban J connectivity index is 0.00000180. The number of carbonyl (C=O) groups excluding carboxylic acids is 4. The topological polar surface area (TPSA) is 220 Å². The van der Waals surface area contributed by atoms with Crippen molar-refractivity contribution in [2.75, 3.05) is 26.4 Å². The van der Waals surface area contributed by atoms with Crippen LogP contribution in [-0.2, 0) is 39.2 Å². The predicted octanol–water partition coefficient (Wildman–Crippen LogP) is 20.9. The molecule has 0 fully saturated rings. The van der Waals surface area contributed by atoms with Crippen molar-refractivity contribution in [3.63, 3.8) is 0 Å². The molecule has 2 aromatic rings. The van der Waals surface area contributed by atoms with Crippen molar-refractivity contribution in [3.05, 3.63) is 107 Å². The quantitative estimate of drug-likeness (QED) is 0.0150. The van der Waals surface area contributed by atoms with Crippen molar-refractivity contribution >= 4 is 81.9 Å². The summed E-state index contributed by atoms with van der Waals surface area (Å²) in [6.45, 7) is 9.30. The van der Waals surface area contributed by atoms with Crippen LogP contribution in [0.2, 0.25) is 0 Å². The number of hydrogen-bond acceptors (Lipinski definition) is 14. The van der Waals surface area contributed by atoms with Crippen molar-refractivity contribution < 1.29 is 64.1 Å². The fourth-order valence-corrected chi connectivity index (χ4v) is 11.9. The maximum atomic E-state index is 12.9. The third-order valence-electron chi connectivity index (χ3n) is 16.0. The van der Waals surface area contributed by atoms with E-state index in [0.717, 1.165) is 115 Å². The summed E-state index contributed by atoms with van der Waals surface area (Å²) in [5.41, 5.74) is -1.63. The molecule has 0 bridgehead atoms. The fourth-order valence-electron chi connectivity index (χ4n) is 10.5. The maximum Gasteiger partial charge on any atom is 2.00 e. The molecular formula is C76H122CaO14S2. The predicted molar refractivity (Wildman–Crippen MR) is 378 cm³/mol. The third-order valence-corrected chi connectivity index (χ3v) is 17.8. The zero-order valence-electron chi connectivity index (χ0n) is 58.3. The second kappa shape index (κ2) is 61.9. The van der Waals surface area contributed by atoms with Gasteiger partial charge in [-0.2, -0.15) is 0 Å². The van der Waals surface area contributed by atoms with Crippen LogP contribution in [0.5, 0.6) is 0 Å². The summed E-state index contributed by atoms with van der Waals surface area (Å²) in [5, 5.41) is 0. The Morgan fingerprint density at radius 2 is 0.495 bits per heavy atom. The van der Waals surface area contributed by atoms with Gasteiger partial charge in [-0.3, -0.25) is 0 Å². The number of unbranched alkanes of at least 4 members (excludes halogenated alkanes) is 36. The van der Waals surface area contributed by atoms with Crippen LogP contribution in [-0.4, -0.2) is 114 Å². The average Bonchev–Trinajstić information content (AvgIpc) is 0.820. The second-order valence-corrected chi connectivity index (χ2v) is 27.0. The number of esters is 4. The molecule has 0 aromatic heterocycles. The summed E-state index contributed by atoms with van der Waals surface area (Å²) in [6.07, 6.45) is 66.8. The molecule has 14 nitrogen and oxygen atoms in total. The first-order valence-corrected chi connectivity index (χ1v) is 38.9. The molecule has 0 saturated carbocycles. The molecular weight excluding hydrogens is 1240 g/mol. The van der Waals surface area contributed by atoms with Crippen molar-refractivity contribution in [1.82, 2.24) is 0 Å². The molecule has 0 aliphatic carbocycles. The van der Waals surface area contributed by atoms with E-state index in [0.29, 0.717) is 25.7 Å². The molecule has 0 spiro atoms. The molecule has 0 radical (unpaired) electrons. The summed E-state index contributed by atoms with van der Waals surface area (Å²) in [7, 11) is -10.0. The zero-order chi connectivity index (χ0) is 67.4. The minimum absolute atomic E-state index is 0. The van der Waals surface area contributed by atoms with Gasteiger partial charge in [-0.1, -0.05) is 217 Å². The molecule has 0 amide bonds. The van der Waals surface area contributed by atoms with Crippen molar-refractivity contribution in [2.45, 2.75) is 320 Å². The minimum atomic E-state index is -5.02. The Hall–Kier alpha value is -3.64. The number of hydrogen-bond donors (Lipinski definition) is 0. The first kappa shape index (κ1) is 89.4. The molecule has 0 unspecified atom stereocenters. The van der Waals surface area contributed by atoms with Gasteiger partial charge in [0.05, 0.1) is 58.5 Å². The minimum Gasteiger partial charge on any atom is -0.744 e. The first-order valence-electron chi connectivity index (χ1n) is 36.1. The molecule has 0 saturated heterocycles. The molecule has 0 heterocycles. The van der Waals surface area contributed by atoms with Crippen molar-refractivity contribution in [1.29, 1.82) is 0 Å². The van der Waals surface area contributed by atoms with Gasteiger partial charge in [0.1, 0.15) is 20.2 Å². The van der Waals surface area contributed by atoms with Crippen LogP contribution in [0, 0.1) is 0 Å². The van der Waals surface area contributed by atoms with E-state index in [1.54, 1.807) is 0 Å². The van der Waals surface area contributed by atoms with Crippen LogP contribution < -0.4 is 0 Å². The normalized spacial score (nSPS) is 11.8. The van der Waals surface area contributed by atoms with E-state index >= 15 is 0 Å². The smallest absolute Gasteiger partial charge is 0.744 e. The van der Waals surface area contributed by atoms with Gasteiger partial charge in [0.2, 0.25) is 0 Å². The largest absolute Gasteiger partial charge is 2.00 e. The maximum absolute atomic E-state index is 12.9. The monoisotopic (exact) mass is 1360 g/mol. The molecule has 2 aromatic carbocycles. The van der Waals surface area contributed by atoms with Gasteiger partial charge in [0.15, 0.2) is 0 Å². The number of allylic oxidation sites excluding steroid dienone is 8. The Bertz CT molecular complexity index is 2400. The Labute approximate surface area is 595 Å².